The molecule has 1 saturated heterocycles. The van der Waals surface area contributed by atoms with Gasteiger partial charge in [-0.15, -0.1) is 0 Å². The maximum absolute atomic E-state index is 12.5. The van der Waals surface area contributed by atoms with Crippen molar-refractivity contribution in [3.63, 3.8) is 0 Å². The van der Waals surface area contributed by atoms with E-state index in [4.69, 9.17) is 18.8 Å². The van der Waals surface area contributed by atoms with Gasteiger partial charge in [-0.1, -0.05) is 26.0 Å². The van der Waals surface area contributed by atoms with Crippen molar-refractivity contribution in [1.82, 2.24) is 0 Å². The Morgan fingerprint density at radius 2 is 1.52 bits per heavy atom. The summed E-state index contributed by atoms with van der Waals surface area (Å²) in [6, 6.07) is 0. The molecule has 0 bridgehead atoms. The van der Waals surface area contributed by atoms with Gasteiger partial charge in [-0.25, -0.2) is 0 Å². The molecule has 0 aromatic carbocycles. The first-order valence-corrected chi connectivity index (χ1v) is 9.20. The van der Waals surface area contributed by atoms with E-state index < -0.39 is 41.0 Å². The fourth-order valence-electron chi connectivity index (χ4n) is 3.62. The number of carbonyl (C=O) groups excluding carboxylic acids is 2. The highest BCUT2D eigenvalue weighted by molar-refractivity contribution is 6.51. The molecule has 1 aliphatic heterocycles. The molecule has 0 saturated carbocycles. The Morgan fingerprint density at radius 3 is 1.89 bits per heavy atom. The van der Waals surface area contributed by atoms with Crippen molar-refractivity contribution in [1.29, 1.82) is 0 Å². The maximum atomic E-state index is 12.5. The molecule has 0 atom stereocenters. The standard InChI is InChI=1S/C20H31BO6/c1-10-13-11-20(15(22)24-8,16(23)25-9)12-14(13)17(2,3)21-26-18(4,5)19(6,7)27-21/h10,12H,11H2,1-9H3/b13-10+. The van der Waals surface area contributed by atoms with Crippen LogP contribution in [0.2, 0.25) is 5.31 Å². The van der Waals surface area contributed by atoms with Gasteiger partial charge >= 0.3 is 19.1 Å². The molecular weight excluding hydrogens is 347 g/mol. The smallest absolute Gasteiger partial charge is 0.468 e. The first-order chi connectivity index (χ1) is 12.3. The topological polar surface area (TPSA) is 71.1 Å². The predicted octanol–water partition coefficient (Wildman–Crippen LogP) is 3.47. The third-order valence-corrected chi connectivity index (χ3v) is 6.19. The summed E-state index contributed by atoms with van der Waals surface area (Å²) in [7, 11) is 2.01. The normalized spacial score (nSPS) is 24.7. The van der Waals surface area contributed by atoms with Gasteiger partial charge in [0.15, 0.2) is 5.41 Å². The highest BCUT2D eigenvalue weighted by atomic mass is 16.7. The zero-order valence-electron chi connectivity index (χ0n) is 17.9. The van der Waals surface area contributed by atoms with Crippen LogP contribution in [0, 0.1) is 5.41 Å². The summed E-state index contributed by atoms with van der Waals surface area (Å²) in [6.07, 6.45) is 3.78. The Bertz CT molecular complexity index is 669. The molecule has 2 aliphatic rings. The largest absolute Gasteiger partial charge is 0.468 e. The maximum Gasteiger partial charge on any atom is 0.468 e. The van der Waals surface area contributed by atoms with Gasteiger partial charge in [-0.2, -0.15) is 0 Å². The van der Waals surface area contributed by atoms with Crippen LogP contribution in [-0.2, 0) is 28.4 Å². The third kappa shape index (κ3) is 3.25. The van der Waals surface area contributed by atoms with Crippen molar-refractivity contribution < 1.29 is 28.4 Å². The molecule has 2 rings (SSSR count). The van der Waals surface area contributed by atoms with Gasteiger partial charge in [0.2, 0.25) is 0 Å². The van der Waals surface area contributed by atoms with Gasteiger partial charge in [0.25, 0.3) is 0 Å². The lowest BCUT2D eigenvalue weighted by atomic mass is 9.55. The van der Waals surface area contributed by atoms with Crippen molar-refractivity contribution >= 4 is 19.1 Å². The molecule has 7 heteroatoms. The van der Waals surface area contributed by atoms with Crippen LogP contribution in [0.25, 0.3) is 0 Å². The van der Waals surface area contributed by atoms with E-state index in [-0.39, 0.29) is 6.42 Å². The lowest BCUT2D eigenvalue weighted by molar-refractivity contribution is -0.164. The van der Waals surface area contributed by atoms with E-state index in [1.807, 2.05) is 54.5 Å². The van der Waals surface area contributed by atoms with E-state index in [2.05, 4.69) is 0 Å². The van der Waals surface area contributed by atoms with Crippen molar-refractivity contribution in [3.05, 3.63) is 23.3 Å². The van der Waals surface area contributed by atoms with Crippen LogP contribution in [0.4, 0.5) is 0 Å². The number of methoxy groups -OCH3 is 2. The molecule has 0 amide bonds. The second kappa shape index (κ2) is 6.78. The minimum atomic E-state index is -1.48. The number of rotatable bonds is 4. The first-order valence-electron chi connectivity index (χ1n) is 9.20. The molecule has 1 aliphatic carbocycles. The summed E-state index contributed by atoms with van der Waals surface area (Å²) < 4.78 is 22.4. The van der Waals surface area contributed by atoms with E-state index in [0.717, 1.165) is 11.1 Å². The zero-order valence-corrected chi connectivity index (χ0v) is 17.9. The quantitative estimate of drug-likeness (QED) is 0.424. The predicted molar refractivity (Wildman–Crippen MR) is 103 cm³/mol. The van der Waals surface area contributed by atoms with Crippen LogP contribution in [-0.4, -0.2) is 44.5 Å². The van der Waals surface area contributed by atoms with E-state index in [1.165, 1.54) is 14.2 Å². The van der Waals surface area contributed by atoms with Gasteiger partial charge in [0, 0.05) is 11.7 Å². The molecule has 0 radical (unpaired) electrons. The Hall–Kier alpha value is -1.60. The number of hydrogen-bond donors (Lipinski definition) is 0. The highest BCUT2D eigenvalue weighted by Crippen LogP contribution is 2.55. The molecule has 0 N–H and O–H groups in total. The van der Waals surface area contributed by atoms with Crippen LogP contribution in [0.1, 0.15) is 54.9 Å². The minimum absolute atomic E-state index is 0.196. The zero-order chi connectivity index (χ0) is 20.8. The van der Waals surface area contributed by atoms with E-state index >= 15 is 0 Å². The van der Waals surface area contributed by atoms with Crippen molar-refractivity contribution in [3.8, 4) is 0 Å². The van der Waals surface area contributed by atoms with Crippen molar-refractivity contribution in [2.75, 3.05) is 14.2 Å². The number of hydrogen-bond acceptors (Lipinski definition) is 6. The number of esters is 2. The number of allylic oxidation sites excluding steroid dienone is 3. The lowest BCUT2D eigenvalue weighted by Crippen LogP contribution is -2.41. The average Bonchev–Trinajstić information content (AvgIpc) is 3.10. The van der Waals surface area contributed by atoms with Crippen LogP contribution in [0.3, 0.4) is 0 Å². The minimum Gasteiger partial charge on any atom is -0.468 e. The van der Waals surface area contributed by atoms with Crippen molar-refractivity contribution in [2.24, 2.45) is 5.41 Å². The van der Waals surface area contributed by atoms with Gasteiger partial charge < -0.3 is 18.8 Å². The second-order valence-corrected chi connectivity index (χ2v) is 8.81. The van der Waals surface area contributed by atoms with Crippen LogP contribution in [0.15, 0.2) is 23.3 Å². The molecule has 1 fully saturated rings. The van der Waals surface area contributed by atoms with Crippen molar-refractivity contribution in [2.45, 2.75) is 71.4 Å². The van der Waals surface area contributed by atoms with Crippen LogP contribution < -0.4 is 0 Å². The molecular formula is C20H31BO6. The fraction of sp³-hybridized carbons (Fsp3) is 0.700. The molecule has 0 aromatic rings. The van der Waals surface area contributed by atoms with Crippen LogP contribution in [0.5, 0.6) is 0 Å². The molecule has 6 nitrogen and oxygen atoms in total. The summed E-state index contributed by atoms with van der Waals surface area (Å²) in [6.45, 7) is 13.9. The Labute approximate surface area is 162 Å². The molecule has 150 valence electrons. The summed E-state index contributed by atoms with van der Waals surface area (Å²) in [5, 5.41) is -0.601. The summed E-state index contributed by atoms with van der Waals surface area (Å²) in [5.74, 6) is -1.26. The second-order valence-electron chi connectivity index (χ2n) is 8.81. The summed E-state index contributed by atoms with van der Waals surface area (Å²) in [5.41, 5.74) is -0.732. The third-order valence-electron chi connectivity index (χ3n) is 6.19. The van der Waals surface area contributed by atoms with Gasteiger partial charge in [0.1, 0.15) is 0 Å². The van der Waals surface area contributed by atoms with Crippen LogP contribution >= 0.6 is 0 Å². The molecule has 1 heterocycles. The van der Waals surface area contributed by atoms with E-state index in [9.17, 15) is 9.59 Å². The first kappa shape index (κ1) is 21.7. The summed E-state index contributed by atoms with van der Waals surface area (Å²) in [4.78, 5) is 25.1. The average molecular weight is 378 g/mol. The van der Waals surface area contributed by atoms with E-state index in [1.54, 1.807) is 6.08 Å². The highest BCUT2D eigenvalue weighted by Gasteiger charge is 2.60. The Kier molecular flexibility index (Phi) is 5.45. The Morgan fingerprint density at radius 1 is 1.07 bits per heavy atom. The molecule has 0 aromatic heterocycles. The molecule has 0 spiro atoms. The SMILES string of the molecule is C/C=C1\CC(C(=O)OC)(C(=O)OC)C=C1C(C)(C)B1OC(C)(C)C(C)(C)O1. The van der Waals surface area contributed by atoms with Gasteiger partial charge in [-0.05, 0) is 45.8 Å². The van der Waals surface area contributed by atoms with Gasteiger partial charge in [0.05, 0.1) is 25.4 Å². The summed E-state index contributed by atoms with van der Waals surface area (Å²) >= 11 is 0. The fourth-order valence-corrected chi connectivity index (χ4v) is 3.62. The molecule has 27 heavy (non-hydrogen) atoms. The molecule has 0 unspecified atom stereocenters. The number of carbonyl (C=O) groups is 2. The lowest BCUT2D eigenvalue weighted by Gasteiger charge is -2.32. The van der Waals surface area contributed by atoms with E-state index in [0.29, 0.717) is 0 Å². The monoisotopic (exact) mass is 378 g/mol. The number of ether oxygens (including phenoxy) is 2. The Balaban J connectivity index is 2.54. The van der Waals surface area contributed by atoms with Gasteiger partial charge in [-0.3, -0.25) is 9.59 Å².